The summed E-state index contributed by atoms with van der Waals surface area (Å²) < 4.78 is 33.2. The van der Waals surface area contributed by atoms with Gasteiger partial charge in [0.2, 0.25) is 0 Å². The second-order valence-electron chi connectivity index (χ2n) is 10.6. The zero-order valence-electron chi connectivity index (χ0n) is 24.1. The molecule has 0 unspecified atom stereocenters. The number of nitroso groups, excluding NO2 is 1. The van der Waals surface area contributed by atoms with Crippen LogP contribution < -0.4 is 20.1 Å². The smallest absolute Gasteiger partial charge is 0.410 e. The molecule has 0 radical (unpaired) electrons. The number of benzene rings is 2. The minimum atomic E-state index is -4.31. The zero-order valence-corrected chi connectivity index (χ0v) is 25.7. The Kier molecular flexibility index (Phi) is 10.2. The molecule has 13 nitrogen and oxygen atoms in total. The van der Waals surface area contributed by atoms with E-state index in [4.69, 9.17) is 4.74 Å². The van der Waals surface area contributed by atoms with Gasteiger partial charge in [-0.05, 0) is 57.2 Å². The number of hydrogen-bond donors (Lipinski definition) is 3. The van der Waals surface area contributed by atoms with Gasteiger partial charge in [-0.25, -0.2) is 17.9 Å². The quantitative estimate of drug-likeness (QED) is 0.223. The van der Waals surface area contributed by atoms with Crippen LogP contribution in [0.3, 0.4) is 0 Å². The van der Waals surface area contributed by atoms with Crippen molar-refractivity contribution in [2.75, 3.05) is 48.7 Å². The number of carbonyl (C=O) groups is 2. The van der Waals surface area contributed by atoms with Gasteiger partial charge in [-0.15, -0.1) is 22.0 Å². The summed E-state index contributed by atoms with van der Waals surface area (Å²) in [6, 6.07) is 16.7. The van der Waals surface area contributed by atoms with Gasteiger partial charge in [-0.2, -0.15) is 0 Å². The van der Waals surface area contributed by atoms with Crippen molar-refractivity contribution in [3.05, 3.63) is 71.3 Å². The fourth-order valence-electron chi connectivity index (χ4n) is 4.09. The maximum Gasteiger partial charge on any atom is 0.410 e. The molecule has 15 heteroatoms. The van der Waals surface area contributed by atoms with Crippen LogP contribution in [0.2, 0.25) is 0 Å². The number of anilines is 2. The highest BCUT2D eigenvalue weighted by Gasteiger charge is 2.27. The molecule has 2 heterocycles. The SMILES string of the molecule is CC(C)(C)OC(=O)N1CCN(c2ccc(C(=O)NS(=O)(=O)c3ccc(NCCSc4ccccc4)c([NH+]=O)c3)nn2)CC1. The molecule has 1 aliphatic rings. The molecule has 228 valence electrons. The third kappa shape index (κ3) is 8.88. The van der Waals surface area contributed by atoms with E-state index in [2.05, 4.69) is 15.5 Å². The van der Waals surface area contributed by atoms with E-state index in [9.17, 15) is 22.9 Å². The summed E-state index contributed by atoms with van der Waals surface area (Å²) in [5.41, 5.74) is -0.323. The van der Waals surface area contributed by atoms with Crippen LogP contribution in [0.25, 0.3) is 0 Å². The van der Waals surface area contributed by atoms with Crippen molar-refractivity contribution in [2.24, 2.45) is 0 Å². The molecule has 1 aromatic heterocycles. The molecule has 0 saturated carbocycles. The molecule has 1 fully saturated rings. The van der Waals surface area contributed by atoms with Gasteiger partial charge in [0, 0.05) is 59.5 Å². The zero-order chi connectivity index (χ0) is 31.0. The minimum absolute atomic E-state index is 0.0240. The normalized spacial score (nSPS) is 13.7. The molecule has 0 aliphatic carbocycles. The number of rotatable bonds is 10. The van der Waals surface area contributed by atoms with Gasteiger partial charge in [0.1, 0.15) is 11.3 Å². The number of sulfonamides is 1. The van der Waals surface area contributed by atoms with E-state index in [0.717, 1.165) is 16.7 Å². The van der Waals surface area contributed by atoms with Gasteiger partial charge in [0.25, 0.3) is 21.6 Å². The third-order valence-corrected chi connectivity index (χ3v) is 8.55. The predicted octanol–water partition coefficient (Wildman–Crippen LogP) is 2.34. The Morgan fingerprint density at radius 1 is 1.00 bits per heavy atom. The van der Waals surface area contributed by atoms with E-state index < -0.39 is 21.5 Å². The van der Waals surface area contributed by atoms with Crippen LogP contribution in [-0.4, -0.2) is 79.6 Å². The van der Waals surface area contributed by atoms with Gasteiger partial charge in [0.15, 0.2) is 11.5 Å². The molecule has 0 atom stereocenters. The van der Waals surface area contributed by atoms with Crippen molar-refractivity contribution in [2.45, 2.75) is 36.2 Å². The number of nitrogens with one attached hydrogen (secondary N) is 3. The van der Waals surface area contributed by atoms with Crippen LogP contribution in [0, 0.1) is 4.91 Å². The number of piperazine rings is 1. The average Bonchev–Trinajstić information content (AvgIpc) is 2.99. The van der Waals surface area contributed by atoms with E-state index in [1.807, 2.05) is 60.7 Å². The topological polar surface area (TPSA) is 165 Å². The summed E-state index contributed by atoms with van der Waals surface area (Å²) >= 11 is 1.64. The van der Waals surface area contributed by atoms with Crippen LogP contribution >= 0.6 is 11.8 Å². The maximum atomic E-state index is 12.9. The number of carbonyl (C=O) groups excluding carboxylic acids is 2. The average molecular weight is 629 g/mol. The Hall–Kier alpha value is -4.24. The Balaban J connectivity index is 1.31. The van der Waals surface area contributed by atoms with Crippen LogP contribution in [0.15, 0.2) is 70.5 Å². The van der Waals surface area contributed by atoms with E-state index in [-0.39, 0.29) is 22.4 Å². The lowest BCUT2D eigenvalue weighted by molar-refractivity contribution is -0.378. The van der Waals surface area contributed by atoms with Gasteiger partial charge in [-0.1, -0.05) is 18.2 Å². The van der Waals surface area contributed by atoms with Gasteiger partial charge in [-0.3, -0.25) is 4.79 Å². The van der Waals surface area contributed by atoms with Crippen molar-refractivity contribution in [1.29, 1.82) is 0 Å². The Morgan fingerprint density at radius 3 is 2.35 bits per heavy atom. The monoisotopic (exact) mass is 628 g/mol. The summed E-state index contributed by atoms with van der Waals surface area (Å²) in [6.07, 6.45) is -0.381. The second-order valence-corrected chi connectivity index (χ2v) is 13.4. The maximum absolute atomic E-state index is 12.9. The molecular weight excluding hydrogens is 594 g/mol. The Bertz CT molecular complexity index is 1540. The number of ether oxygens (including phenoxy) is 1. The number of thioether (sulfide) groups is 1. The summed E-state index contributed by atoms with van der Waals surface area (Å²) in [4.78, 5) is 40.9. The predicted molar refractivity (Wildman–Crippen MR) is 163 cm³/mol. The van der Waals surface area contributed by atoms with Crippen molar-refractivity contribution < 1.29 is 27.9 Å². The second kappa shape index (κ2) is 13.8. The highest BCUT2D eigenvalue weighted by molar-refractivity contribution is 7.99. The highest BCUT2D eigenvalue weighted by atomic mass is 32.2. The molecular formula is C28H34N7O6S2+. The molecule has 3 N–H and O–H groups in total. The number of amides is 2. The minimum Gasteiger partial charge on any atom is -0.444 e. The molecule has 4 rings (SSSR count). The van der Waals surface area contributed by atoms with Crippen LogP contribution in [0.5, 0.6) is 0 Å². The fourth-order valence-corrected chi connectivity index (χ4v) is 5.87. The summed E-state index contributed by atoms with van der Waals surface area (Å²) in [6.45, 7) is 7.79. The lowest BCUT2D eigenvalue weighted by Gasteiger charge is -2.35. The molecule has 43 heavy (non-hydrogen) atoms. The molecule has 3 aromatic rings. The van der Waals surface area contributed by atoms with Gasteiger partial charge < -0.3 is 19.9 Å². The molecule has 1 aliphatic heterocycles. The van der Waals surface area contributed by atoms with E-state index in [0.29, 0.717) is 44.2 Å². The first kappa shape index (κ1) is 31.7. The summed E-state index contributed by atoms with van der Waals surface area (Å²) in [5.74, 6) is 0.241. The largest absolute Gasteiger partial charge is 0.444 e. The van der Waals surface area contributed by atoms with Gasteiger partial charge in [0.05, 0.1) is 4.90 Å². The molecule has 2 aromatic carbocycles. The van der Waals surface area contributed by atoms with Crippen molar-refractivity contribution in [3.8, 4) is 0 Å². The first-order chi connectivity index (χ1) is 20.4. The molecule has 0 bridgehead atoms. The van der Waals surface area contributed by atoms with E-state index >= 15 is 0 Å². The number of nitrogens with zero attached hydrogens (tertiary/aromatic N) is 4. The molecule has 2 amide bonds. The number of aromatic nitrogens is 2. The number of hydrogen-bond acceptors (Lipinski definition) is 11. The summed E-state index contributed by atoms with van der Waals surface area (Å²) in [5, 5.41) is 12.8. The van der Waals surface area contributed by atoms with Crippen LogP contribution in [0.1, 0.15) is 31.3 Å². The van der Waals surface area contributed by atoms with E-state index in [1.165, 1.54) is 18.2 Å². The van der Waals surface area contributed by atoms with Gasteiger partial charge >= 0.3 is 6.09 Å². The Morgan fingerprint density at radius 2 is 1.72 bits per heavy atom. The van der Waals surface area contributed by atoms with Crippen molar-refractivity contribution >= 4 is 51.0 Å². The third-order valence-electron chi connectivity index (χ3n) is 6.21. The standard InChI is InChI=1S/C28H33N7O6S2/c1-28(2,3)41-27(37)35-16-14-34(15-17-35)25-12-11-23(30-31-25)26(36)33-43(39,40)21-9-10-22(24(19-21)32-38)29-13-18-42-20-7-5-4-6-8-20/h4-12,19,29H,13-18H2,1-3H3,(H,33,36)/p+1. The van der Waals surface area contributed by atoms with Crippen LogP contribution in [0.4, 0.5) is 22.0 Å². The first-order valence-corrected chi connectivity index (χ1v) is 16.0. The lowest BCUT2D eigenvalue weighted by atomic mass is 10.2. The fraction of sp³-hybridized carbons (Fsp3) is 0.357. The van der Waals surface area contributed by atoms with Crippen molar-refractivity contribution in [3.63, 3.8) is 0 Å². The molecule has 0 spiro atoms. The van der Waals surface area contributed by atoms with E-state index in [1.54, 1.807) is 27.9 Å². The van der Waals surface area contributed by atoms with Crippen LogP contribution in [-0.2, 0) is 14.8 Å². The molecule has 1 saturated heterocycles. The Labute approximate surface area is 254 Å². The highest BCUT2D eigenvalue weighted by Crippen LogP contribution is 2.23. The lowest BCUT2D eigenvalue weighted by Crippen LogP contribution is -2.56. The van der Waals surface area contributed by atoms with Crippen molar-refractivity contribution in [1.82, 2.24) is 19.8 Å². The first-order valence-electron chi connectivity index (χ1n) is 13.5. The summed E-state index contributed by atoms with van der Waals surface area (Å²) in [7, 11) is -4.31.